The molecule has 0 unspecified atom stereocenters. The number of carbonyl (C=O) groups is 2. The minimum absolute atomic E-state index is 0.0230. The van der Waals surface area contributed by atoms with Crippen molar-refractivity contribution in [2.75, 3.05) is 23.8 Å². The van der Waals surface area contributed by atoms with E-state index in [0.29, 0.717) is 41.5 Å². The Kier molecular flexibility index (Phi) is 5.50. The summed E-state index contributed by atoms with van der Waals surface area (Å²) in [6.07, 6.45) is 11.0. The monoisotopic (exact) mass is 559 g/mol. The predicted molar refractivity (Wildman–Crippen MR) is 156 cm³/mol. The van der Waals surface area contributed by atoms with Crippen LogP contribution in [-0.2, 0) is 11.3 Å². The van der Waals surface area contributed by atoms with E-state index < -0.39 is 0 Å². The van der Waals surface area contributed by atoms with Crippen LogP contribution >= 0.6 is 0 Å². The van der Waals surface area contributed by atoms with Gasteiger partial charge in [-0.2, -0.15) is 0 Å². The lowest BCUT2D eigenvalue weighted by Crippen LogP contribution is -2.30. The number of amides is 3. The molecule has 6 heterocycles. The number of nitrogens with zero attached hydrogens (tertiary/aromatic N) is 8. The van der Waals surface area contributed by atoms with Gasteiger partial charge in [0.05, 0.1) is 23.4 Å². The lowest BCUT2D eigenvalue weighted by molar-refractivity contribution is -0.123. The second kappa shape index (κ2) is 9.30. The number of aromatic nitrogens is 6. The summed E-state index contributed by atoms with van der Waals surface area (Å²) in [5.41, 5.74) is 6.21. The molecule has 1 N–H and O–H groups in total. The van der Waals surface area contributed by atoms with Crippen LogP contribution in [0.1, 0.15) is 65.5 Å². The van der Waals surface area contributed by atoms with Crippen molar-refractivity contribution in [2.45, 2.75) is 50.5 Å². The van der Waals surface area contributed by atoms with Crippen molar-refractivity contribution in [3.63, 3.8) is 0 Å². The molecule has 1 aliphatic heterocycles. The third-order valence-electron chi connectivity index (χ3n) is 8.49. The van der Waals surface area contributed by atoms with E-state index in [2.05, 4.69) is 38.6 Å². The molecule has 0 bridgehead atoms. The summed E-state index contributed by atoms with van der Waals surface area (Å²) in [7, 11) is 1.52. The average molecular weight is 560 g/mol. The fraction of sp³-hybridized carbons (Fsp3) is 0.323. The van der Waals surface area contributed by atoms with Crippen molar-refractivity contribution in [1.82, 2.24) is 34.2 Å². The van der Waals surface area contributed by atoms with Gasteiger partial charge in [-0.1, -0.05) is 0 Å². The van der Waals surface area contributed by atoms with E-state index in [1.165, 1.54) is 11.9 Å². The van der Waals surface area contributed by atoms with Crippen LogP contribution in [0.4, 0.5) is 16.3 Å². The molecule has 0 radical (unpaired) electrons. The number of urea groups is 1. The standard InChI is InChI=1S/C31H29N9O2/c1-17-7-8-32-29(35-17)23-10-22(23)24-6-5-19-12-33-27(11-25(19)37-24)34-13-21-15-39-14-20(18-3-4-18)9-26(30(39)36-21)40-16-28(41)38(2)31(40)42/h5-9,11-12,14-15,18,22-23H,3-4,10,13,16H2,1-2H3,(H,33,34)/t22-,23-/m0/s1. The smallest absolute Gasteiger partial charge is 0.331 e. The number of likely N-dealkylation sites (N-methyl/N-ethyl adjacent to an activating group) is 1. The summed E-state index contributed by atoms with van der Waals surface area (Å²) in [6, 6.07) is 9.74. The maximum atomic E-state index is 12.8. The highest BCUT2D eigenvalue weighted by Crippen LogP contribution is 2.53. The van der Waals surface area contributed by atoms with Gasteiger partial charge in [0.2, 0.25) is 5.91 Å². The average Bonchev–Trinajstić information content (AvgIpc) is 3.92. The number of anilines is 2. The number of carbonyl (C=O) groups excluding carboxylic acids is 2. The van der Waals surface area contributed by atoms with Crippen molar-refractivity contribution in [3.05, 3.63) is 83.6 Å². The van der Waals surface area contributed by atoms with Gasteiger partial charge in [0.25, 0.3) is 0 Å². The topological polar surface area (TPSA) is 122 Å². The van der Waals surface area contributed by atoms with Crippen molar-refractivity contribution < 1.29 is 9.59 Å². The van der Waals surface area contributed by atoms with E-state index in [1.54, 1.807) is 0 Å². The predicted octanol–water partition coefficient (Wildman–Crippen LogP) is 4.53. The van der Waals surface area contributed by atoms with E-state index in [0.717, 1.165) is 63.5 Å². The molecule has 8 rings (SSSR count). The lowest BCUT2D eigenvalue weighted by atomic mass is 10.1. The van der Waals surface area contributed by atoms with Crippen molar-refractivity contribution in [3.8, 4) is 0 Å². The zero-order valence-electron chi connectivity index (χ0n) is 23.4. The number of pyridine rings is 3. The highest BCUT2D eigenvalue weighted by atomic mass is 16.2. The highest BCUT2D eigenvalue weighted by Gasteiger charge is 2.43. The zero-order chi connectivity index (χ0) is 28.5. The highest BCUT2D eigenvalue weighted by molar-refractivity contribution is 6.13. The molecule has 3 fully saturated rings. The summed E-state index contributed by atoms with van der Waals surface area (Å²) >= 11 is 0. The SMILES string of the molecule is Cc1ccnc([C@H]2C[C@@H]2c2ccc3cnc(NCc4cn5cc(C6CC6)cc(N6CC(=O)N(C)C6=O)c5n4)cc3n2)n1. The summed E-state index contributed by atoms with van der Waals surface area (Å²) < 4.78 is 1.97. The van der Waals surface area contributed by atoms with Gasteiger partial charge in [-0.15, -0.1) is 0 Å². The summed E-state index contributed by atoms with van der Waals surface area (Å²) in [5, 5.41) is 4.37. The first-order valence-corrected chi connectivity index (χ1v) is 14.3. The van der Waals surface area contributed by atoms with Crippen LogP contribution in [0, 0.1) is 6.92 Å². The number of imidazole rings is 1. The van der Waals surface area contributed by atoms with E-state index in [4.69, 9.17) is 9.97 Å². The zero-order valence-corrected chi connectivity index (χ0v) is 23.4. The maximum Gasteiger partial charge on any atom is 0.331 e. The van der Waals surface area contributed by atoms with Gasteiger partial charge >= 0.3 is 6.03 Å². The first kappa shape index (κ1) is 24.8. The molecular formula is C31H29N9O2. The van der Waals surface area contributed by atoms with Gasteiger partial charge in [0.1, 0.15) is 18.2 Å². The fourth-order valence-corrected chi connectivity index (χ4v) is 5.83. The minimum Gasteiger partial charge on any atom is -0.364 e. The van der Waals surface area contributed by atoms with E-state index in [1.807, 2.05) is 48.1 Å². The maximum absolute atomic E-state index is 12.8. The van der Waals surface area contributed by atoms with Crippen LogP contribution in [0.2, 0.25) is 0 Å². The Bertz CT molecular complexity index is 1910. The molecule has 210 valence electrons. The molecule has 5 aromatic rings. The van der Waals surface area contributed by atoms with Crippen LogP contribution in [0.3, 0.4) is 0 Å². The Hall–Kier alpha value is -4.93. The Balaban J connectivity index is 1.04. The van der Waals surface area contributed by atoms with Crippen molar-refractivity contribution in [2.24, 2.45) is 0 Å². The summed E-state index contributed by atoms with van der Waals surface area (Å²) in [4.78, 5) is 51.3. The number of fused-ring (bicyclic) bond motifs is 2. The second-order valence-corrected chi connectivity index (χ2v) is 11.6. The number of hydrogen-bond acceptors (Lipinski definition) is 8. The van der Waals surface area contributed by atoms with Crippen molar-refractivity contribution >= 4 is 40.0 Å². The van der Waals surface area contributed by atoms with E-state index >= 15 is 0 Å². The van der Waals surface area contributed by atoms with Gasteiger partial charge in [0.15, 0.2) is 5.65 Å². The number of rotatable bonds is 7. The molecule has 3 amide bonds. The molecule has 2 saturated carbocycles. The molecule has 0 spiro atoms. The van der Waals surface area contributed by atoms with Crippen LogP contribution in [0.15, 0.2) is 55.1 Å². The second-order valence-electron chi connectivity index (χ2n) is 11.6. The number of aryl methyl sites for hydroxylation is 1. The minimum atomic E-state index is -0.325. The molecule has 5 aromatic heterocycles. The number of imide groups is 1. The van der Waals surface area contributed by atoms with E-state index in [9.17, 15) is 9.59 Å². The Morgan fingerprint density at radius 3 is 2.67 bits per heavy atom. The van der Waals surface area contributed by atoms with Gasteiger partial charge in [-0.05, 0) is 61.9 Å². The van der Waals surface area contributed by atoms with Gasteiger partial charge in [-0.3, -0.25) is 19.6 Å². The molecule has 11 nitrogen and oxygen atoms in total. The Morgan fingerprint density at radius 2 is 1.88 bits per heavy atom. The summed E-state index contributed by atoms with van der Waals surface area (Å²) in [5.74, 6) is 2.50. The molecule has 42 heavy (non-hydrogen) atoms. The molecule has 3 aliphatic rings. The van der Waals surface area contributed by atoms with Crippen LogP contribution < -0.4 is 10.2 Å². The summed E-state index contributed by atoms with van der Waals surface area (Å²) in [6.45, 7) is 2.46. The Labute approximate surface area is 241 Å². The first-order chi connectivity index (χ1) is 20.4. The van der Waals surface area contributed by atoms with Crippen LogP contribution in [-0.4, -0.2) is 59.8 Å². The van der Waals surface area contributed by atoms with Crippen molar-refractivity contribution in [1.29, 1.82) is 0 Å². The fourth-order valence-electron chi connectivity index (χ4n) is 5.83. The van der Waals surface area contributed by atoms with Gasteiger partial charge < -0.3 is 9.72 Å². The van der Waals surface area contributed by atoms with E-state index in [-0.39, 0.29) is 18.5 Å². The first-order valence-electron chi connectivity index (χ1n) is 14.3. The molecule has 2 atom stereocenters. The number of hydrogen-bond donors (Lipinski definition) is 1. The number of nitrogens with one attached hydrogen (secondary N) is 1. The normalized spacial score (nSPS) is 20.2. The quantitative estimate of drug-likeness (QED) is 0.289. The molecular weight excluding hydrogens is 530 g/mol. The third-order valence-corrected chi connectivity index (χ3v) is 8.49. The molecule has 11 heteroatoms. The third kappa shape index (κ3) is 4.32. The molecule has 1 saturated heterocycles. The lowest BCUT2D eigenvalue weighted by Gasteiger charge is -2.17. The van der Waals surface area contributed by atoms with Gasteiger partial charge in [-0.25, -0.2) is 24.7 Å². The molecule has 2 aliphatic carbocycles. The van der Waals surface area contributed by atoms with Crippen LogP contribution in [0.25, 0.3) is 16.6 Å². The largest absolute Gasteiger partial charge is 0.364 e. The van der Waals surface area contributed by atoms with Crippen LogP contribution in [0.5, 0.6) is 0 Å². The molecule has 0 aromatic carbocycles. The Morgan fingerprint density at radius 1 is 1.00 bits per heavy atom. The van der Waals surface area contributed by atoms with Gasteiger partial charge in [0, 0.05) is 66.5 Å².